The first-order chi connectivity index (χ1) is 7.08. The molecule has 0 aromatic heterocycles. The zero-order chi connectivity index (χ0) is 11.4. The molecule has 0 aliphatic heterocycles. The van der Waals surface area contributed by atoms with E-state index in [1.165, 1.54) is 0 Å². The molecule has 0 aliphatic carbocycles. The summed E-state index contributed by atoms with van der Waals surface area (Å²) in [5, 5.41) is 3.05. The van der Waals surface area contributed by atoms with Gasteiger partial charge in [0.05, 0.1) is 10.7 Å². The zero-order valence-corrected chi connectivity index (χ0v) is 9.54. The molecular weight excluding hydrogens is 220 g/mol. The van der Waals surface area contributed by atoms with E-state index in [1.54, 1.807) is 0 Å². The lowest BCUT2D eigenvalue weighted by Crippen LogP contribution is -2.18. The van der Waals surface area contributed by atoms with Crippen LogP contribution in [0.3, 0.4) is 0 Å². The molecule has 0 unspecified atom stereocenters. The molecule has 0 radical (unpaired) electrons. The van der Waals surface area contributed by atoms with E-state index >= 15 is 0 Å². The van der Waals surface area contributed by atoms with Crippen LogP contribution < -0.4 is 5.32 Å². The number of hydrogen-bond donors (Lipinski definition) is 1. The summed E-state index contributed by atoms with van der Waals surface area (Å²) in [7, 11) is 0. The van der Waals surface area contributed by atoms with Gasteiger partial charge in [-0.25, -0.2) is 8.78 Å². The van der Waals surface area contributed by atoms with Gasteiger partial charge in [-0.05, 0) is 18.9 Å². The lowest BCUT2D eigenvalue weighted by atomic mass is 10.1. The summed E-state index contributed by atoms with van der Waals surface area (Å²) in [6, 6.07) is 2.09. The Morgan fingerprint density at radius 2 is 1.87 bits per heavy atom. The summed E-state index contributed by atoms with van der Waals surface area (Å²) in [6.45, 7) is 3.99. The van der Waals surface area contributed by atoms with E-state index in [4.69, 9.17) is 11.6 Å². The van der Waals surface area contributed by atoms with Crippen molar-refractivity contribution in [2.24, 2.45) is 0 Å². The van der Waals surface area contributed by atoms with E-state index in [9.17, 15) is 8.78 Å². The van der Waals surface area contributed by atoms with Crippen LogP contribution >= 0.6 is 11.6 Å². The van der Waals surface area contributed by atoms with Gasteiger partial charge in [0.25, 0.3) is 0 Å². The van der Waals surface area contributed by atoms with Gasteiger partial charge in [-0.3, -0.25) is 0 Å². The Morgan fingerprint density at radius 3 is 2.33 bits per heavy atom. The van der Waals surface area contributed by atoms with Crippen molar-refractivity contribution < 1.29 is 8.78 Å². The summed E-state index contributed by atoms with van der Waals surface area (Å²) in [5.41, 5.74) is 0.187. The lowest BCUT2D eigenvalue weighted by Gasteiger charge is -2.17. The van der Waals surface area contributed by atoms with Crippen molar-refractivity contribution in [3.05, 3.63) is 28.8 Å². The predicted molar refractivity (Wildman–Crippen MR) is 59.4 cm³/mol. The van der Waals surface area contributed by atoms with Gasteiger partial charge >= 0.3 is 0 Å². The van der Waals surface area contributed by atoms with E-state index in [0.29, 0.717) is 0 Å². The van der Waals surface area contributed by atoms with Crippen LogP contribution in [0, 0.1) is 11.6 Å². The van der Waals surface area contributed by atoms with E-state index in [1.807, 2.05) is 13.8 Å². The van der Waals surface area contributed by atoms with Gasteiger partial charge in [-0.15, -0.1) is 0 Å². The van der Waals surface area contributed by atoms with Crippen molar-refractivity contribution in [2.45, 2.75) is 32.7 Å². The van der Waals surface area contributed by atoms with Crippen LogP contribution in [0.25, 0.3) is 0 Å². The van der Waals surface area contributed by atoms with Gasteiger partial charge in [0.1, 0.15) is 5.82 Å². The molecule has 1 rings (SSSR count). The van der Waals surface area contributed by atoms with Gasteiger partial charge < -0.3 is 5.32 Å². The Kier molecular flexibility index (Phi) is 4.33. The summed E-state index contributed by atoms with van der Waals surface area (Å²) in [4.78, 5) is 0. The molecule has 0 heterocycles. The molecule has 0 amide bonds. The van der Waals surface area contributed by atoms with Crippen molar-refractivity contribution in [3.63, 3.8) is 0 Å². The van der Waals surface area contributed by atoms with Crippen LogP contribution in [-0.2, 0) is 0 Å². The van der Waals surface area contributed by atoms with Gasteiger partial charge in [0.15, 0.2) is 5.82 Å². The maximum absolute atomic E-state index is 13.4. The molecule has 15 heavy (non-hydrogen) atoms. The molecule has 1 N–H and O–H groups in total. The van der Waals surface area contributed by atoms with E-state index in [-0.39, 0.29) is 16.8 Å². The first-order valence-electron chi connectivity index (χ1n) is 4.99. The molecular formula is C11H14ClF2N. The molecule has 0 bridgehead atoms. The second kappa shape index (κ2) is 5.31. The van der Waals surface area contributed by atoms with E-state index in [2.05, 4.69) is 5.32 Å². The average Bonchev–Trinajstić information content (AvgIpc) is 2.17. The normalized spacial score (nSPS) is 10.8. The van der Waals surface area contributed by atoms with E-state index in [0.717, 1.165) is 25.0 Å². The van der Waals surface area contributed by atoms with Crippen molar-refractivity contribution in [1.29, 1.82) is 0 Å². The highest BCUT2D eigenvalue weighted by molar-refractivity contribution is 6.33. The Bertz CT molecular complexity index is 314. The topological polar surface area (TPSA) is 12.0 Å². The molecule has 0 spiro atoms. The summed E-state index contributed by atoms with van der Waals surface area (Å²) in [5.74, 6) is -1.31. The molecule has 0 saturated heterocycles. The number of halogens is 3. The third-order valence-corrected chi connectivity index (χ3v) is 2.64. The van der Waals surface area contributed by atoms with Crippen LogP contribution in [0.15, 0.2) is 12.1 Å². The molecule has 0 atom stereocenters. The molecule has 4 heteroatoms. The SMILES string of the molecule is CCC(CC)Nc1c(F)cc(F)cc1Cl. The first kappa shape index (κ1) is 12.2. The third-order valence-electron chi connectivity index (χ3n) is 2.34. The minimum atomic E-state index is -0.660. The van der Waals surface area contributed by atoms with Gasteiger partial charge in [-0.1, -0.05) is 25.4 Å². The highest BCUT2D eigenvalue weighted by atomic mass is 35.5. The summed E-state index contributed by atoms with van der Waals surface area (Å²) in [6.07, 6.45) is 1.73. The Balaban J connectivity index is 2.94. The molecule has 84 valence electrons. The average molecular weight is 234 g/mol. The second-order valence-electron chi connectivity index (χ2n) is 3.40. The van der Waals surface area contributed by atoms with Crippen LogP contribution in [0.5, 0.6) is 0 Å². The highest BCUT2D eigenvalue weighted by Crippen LogP contribution is 2.27. The minimum absolute atomic E-state index is 0.0828. The van der Waals surface area contributed by atoms with Crippen LogP contribution in [0.2, 0.25) is 5.02 Å². The fraction of sp³-hybridized carbons (Fsp3) is 0.455. The summed E-state index contributed by atoms with van der Waals surface area (Å²) < 4.78 is 26.1. The molecule has 1 aromatic carbocycles. The standard InChI is InChI=1S/C11H14ClF2N/c1-3-8(4-2)15-11-9(12)5-7(13)6-10(11)14/h5-6,8,15H,3-4H2,1-2H3. The van der Waals surface area contributed by atoms with Gasteiger partial charge in [-0.2, -0.15) is 0 Å². The summed E-state index contributed by atoms with van der Waals surface area (Å²) >= 11 is 5.75. The number of hydrogen-bond acceptors (Lipinski definition) is 1. The molecule has 0 saturated carbocycles. The van der Waals surface area contributed by atoms with Crippen molar-refractivity contribution >= 4 is 17.3 Å². The maximum Gasteiger partial charge on any atom is 0.150 e. The third kappa shape index (κ3) is 3.06. The lowest BCUT2D eigenvalue weighted by molar-refractivity contribution is 0.580. The first-order valence-corrected chi connectivity index (χ1v) is 5.37. The molecule has 0 fully saturated rings. The van der Waals surface area contributed by atoms with Crippen molar-refractivity contribution in [3.8, 4) is 0 Å². The van der Waals surface area contributed by atoms with Gasteiger partial charge in [0.2, 0.25) is 0 Å². The Hall–Kier alpha value is -0.830. The van der Waals surface area contributed by atoms with E-state index < -0.39 is 11.6 Å². The van der Waals surface area contributed by atoms with Crippen molar-refractivity contribution in [2.75, 3.05) is 5.32 Å². The number of anilines is 1. The predicted octanol–water partition coefficient (Wildman–Crippen LogP) is 4.22. The Labute approximate surface area is 93.4 Å². The zero-order valence-electron chi connectivity index (χ0n) is 8.78. The van der Waals surface area contributed by atoms with Gasteiger partial charge in [0, 0.05) is 12.1 Å². The molecule has 1 aromatic rings. The number of rotatable bonds is 4. The molecule has 0 aliphatic rings. The minimum Gasteiger partial charge on any atom is -0.379 e. The maximum atomic E-state index is 13.4. The van der Waals surface area contributed by atoms with Crippen LogP contribution in [0.4, 0.5) is 14.5 Å². The highest BCUT2D eigenvalue weighted by Gasteiger charge is 2.12. The largest absolute Gasteiger partial charge is 0.379 e. The smallest absolute Gasteiger partial charge is 0.150 e. The fourth-order valence-corrected chi connectivity index (χ4v) is 1.63. The molecule has 1 nitrogen and oxygen atoms in total. The monoisotopic (exact) mass is 233 g/mol. The number of benzene rings is 1. The Morgan fingerprint density at radius 1 is 1.27 bits per heavy atom. The van der Waals surface area contributed by atoms with Crippen LogP contribution in [-0.4, -0.2) is 6.04 Å². The fourth-order valence-electron chi connectivity index (χ4n) is 1.38. The second-order valence-corrected chi connectivity index (χ2v) is 3.81. The van der Waals surface area contributed by atoms with Crippen molar-refractivity contribution in [1.82, 2.24) is 0 Å². The number of nitrogens with one attached hydrogen (secondary N) is 1. The van der Waals surface area contributed by atoms with Crippen LogP contribution in [0.1, 0.15) is 26.7 Å². The quantitative estimate of drug-likeness (QED) is 0.821.